The van der Waals surface area contributed by atoms with Gasteiger partial charge in [0.1, 0.15) is 17.1 Å². The van der Waals surface area contributed by atoms with Gasteiger partial charge in [0.05, 0.1) is 19.4 Å². The van der Waals surface area contributed by atoms with Gasteiger partial charge in [-0.05, 0) is 35.7 Å². The molecule has 0 aliphatic carbocycles. The van der Waals surface area contributed by atoms with Crippen LogP contribution in [0.2, 0.25) is 0 Å². The number of carbonyl (C=O) groups is 1. The molecule has 1 N–H and O–H groups in total. The Hall–Kier alpha value is -3.54. The normalized spacial score (nSPS) is 13.8. The molecule has 0 unspecified atom stereocenters. The highest BCUT2D eigenvalue weighted by molar-refractivity contribution is 5.88. The molecule has 0 spiro atoms. The average molecular weight is 389 g/mol. The van der Waals surface area contributed by atoms with Gasteiger partial charge in [0.25, 0.3) is 0 Å². The summed E-state index contributed by atoms with van der Waals surface area (Å²) in [5.41, 5.74) is 5.34. The number of benzene rings is 2. The van der Waals surface area contributed by atoms with Crippen molar-refractivity contribution >= 4 is 5.97 Å². The minimum atomic E-state index is -1.20. The number of carboxylic acid groups (broad SMARTS) is 1. The lowest BCUT2D eigenvalue weighted by Crippen LogP contribution is -2.22. The van der Waals surface area contributed by atoms with Crippen molar-refractivity contribution in [1.29, 1.82) is 0 Å². The number of pyridine rings is 1. The van der Waals surface area contributed by atoms with E-state index in [1.165, 1.54) is 23.4 Å². The number of aryl methyl sites for hydroxylation is 1. The van der Waals surface area contributed by atoms with Gasteiger partial charge in [0, 0.05) is 41.9 Å². The fourth-order valence-electron chi connectivity index (χ4n) is 4.35. The summed E-state index contributed by atoms with van der Waals surface area (Å²) in [7, 11) is 1.63. The molecule has 0 radical (unpaired) electrons. The molecule has 0 saturated carbocycles. The summed E-state index contributed by atoms with van der Waals surface area (Å²) in [6.07, 6.45) is 3.05. The number of aromatic carboxylic acids is 1. The van der Waals surface area contributed by atoms with Gasteiger partial charge in [-0.3, -0.25) is 4.79 Å². The van der Waals surface area contributed by atoms with Gasteiger partial charge in [-0.25, -0.2) is 4.79 Å². The van der Waals surface area contributed by atoms with Gasteiger partial charge in [-0.15, -0.1) is 0 Å². The molecular formula is C23H19NO5. The molecule has 2 aliphatic heterocycles. The number of hydrogen-bond donors (Lipinski definition) is 1. The van der Waals surface area contributed by atoms with Crippen molar-refractivity contribution in [2.24, 2.45) is 0 Å². The molecule has 6 heteroatoms. The van der Waals surface area contributed by atoms with Crippen LogP contribution in [0.5, 0.6) is 11.5 Å². The van der Waals surface area contributed by atoms with Crippen LogP contribution in [0.15, 0.2) is 47.4 Å². The Morgan fingerprint density at radius 3 is 2.79 bits per heavy atom. The van der Waals surface area contributed by atoms with Crippen molar-refractivity contribution in [3.05, 3.63) is 69.5 Å². The zero-order valence-corrected chi connectivity index (χ0v) is 15.9. The summed E-state index contributed by atoms with van der Waals surface area (Å²) < 4.78 is 13.2. The molecular weight excluding hydrogens is 370 g/mol. The Balaban J connectivity index is 1.77. The predicted octanol–water partition coefficient (Wildman–Crippen LogP) is 3.38. The fraction of sp³-hybridized carbons (Fsp3) is 0.217. The van der Waals surface area contributed by atoms with Crippen LogP contribution in [0.1, 0.15) is 21.5 Å². The second-order valence-corrected chi connectivity index (χ2v) is 7.27. The number of aromatic nitrogens is 1. The van der Waals surface area contributed by atoms with Crippen LogP contribution in [-0.4, -0.2) is 29.4 Å². The number of ether oxygens (including phenoxy) is 2. The lowest BCUT2D eigenvalue weighted by molar-refractivity contribution is 0.0694. The van der Waals surface area contributed by atoms with E-state index in [1.54, 1.807) is 7.11 Å². The minimum absolute atomic E-state index is 0.199. The van der Waals surface area contributed by atoms with E-state index in [0.717, 1.165) is 46.7 Å². The molecule has 6 nitrogen and oxygen atoms in total. The van der Waals surface area contributed by atoms with E-state index < -0.39 is 11.4 Å². The number of hydrogen-bond acceptors (Lipinski definition) is 4. The third-order valence-electron chi connectivity index (χ3n) is 5.71. The van der Waals surface area contributed by atoms with Gasteiger partial charge in [-0.1, -0.05) is 12.1 Å². The van der Waals surface area contributed by atoms with Crippen molar-refractivity contribution < 1.29 is 19.4 Å². The monoisotopic (exact) mass is 389 g/mol. The van der Waals surface area contributed by atoms with E-state index in [-0.39, 0.29) is 5.56 Å². The number of rotatable bonds is 3. The van der Waals surface area contributed by atoms with Crippen LogP contribution in [0.3, 0.4) is 0 Å². The maximum absolute atomic E-state index is 12.4. The van der Waals surface area contributed by atoms with E-state index in [1.807, 2.05) is 28.8 Å². The second kappa shape index (κ2) is 6.51. The Labute approximate surface area is 166 Å². The van der Waals surface area contributed by atoms with E-state index in [2.05, 4.69) is 6.07 Å². The van der Waals surface area contributed by atoms with Crippen LogP contribution < -0.4 is 14.9 Å². The van der Waals surface area contributed by atoms with Crippen molar-refractivity contribution in [2.75, 3.05) is 13.7 Å². The maximum atomic E-state index is 12.4. The summed E-state index contributed by atoms with van der Waals surface area (Å²) >= 11 is 0. The summed E-state index contributed by atoms with van der Waals surface area (Å²) in [6.45, 7) is 1.27. The first-order chi connectivity index (χ1) is 14.1. The zero-order valence-electron chi connectivity index (χ0n) is 15.9. The van der Waals surface area contributed by atoms with E-state index in [9.17, 15) is 14.7 Å². The molecule has 3 aromatic rings. The Morgan fingerprint density at radius 2 is 2.00 bits per heavy atom. The van der Waals surface area contributed by atoms with Gasteiger partial charge < -0.3 is 19.1 Å². The molecule has 2 aliphatic rings. The lowest BCUT2D eigenvalue weighted by atomic mass is 9.87. The third kappa shape index (κ3) is 2.71. The summed E-state index contributed by atoms with van der Waals surface area (Å²) in [4.78, 5) is 23.7. The van der Waals surface area contributed by atoms with Gasteiger partial charge >= 0.3 is 5.97 Å². The number of fused-ring (bicyclic) bond motifs is 5. The predicted molar refractivity (Wildman–Crippen MR) is 108 cm³/mol. The molecule has 2 aromatic carbocycles. The summed E-state index contributed by atoms with van der Waals surface area (Å²) in [5.74, 6) is 0.458. The third-order valence-corrected chi connectivity index (χ3v) is 5.71. The van der Waals surface area contributed by atoms with Crippen LogP contribution >= 0.6 is 0 Å². The maximum Gasteiger partial charge on any atom is 0.341 e. The number of carboxylic acids is 1. The average Bonchev–Trinajstić information content (AvgIpc) is 3.22. The fourth-order valence-corrected chi connectivity index (χ4v) is 4.35. The first kappa shape index (κ1) is 17.6. The van der Waals surface area contributed by atoms with Crippen molar-refractivity contribution in [3.63, 3.8) is 0 Å². The number of methoxy groups -OCH3 is 1. The van der Waals surface area contributed by atoms with Gasteiger partial charge in [-0.2, -0.15) is 0 Å². The quantitative estimate of drug-likeness (QED) is 0.743. The molecule has 29 heavy (non-hydrogen) atoms. The second-order valence-electron chi connectivity index (χ2n) is 7.27. The van der Waals surface area contributed by atoms with Crippen molar-refractivity contribution in [1.82, 2.24) is 4.57 Å². The van der Waals surface area contributed by atoms with Crippen LogP contribution in [0.25, 0.3) is 22.4 Å². The lowest BCUT2D eigenvalue weighted by Gasteiger charge is -2.25. The Kier molecular flexibility index (Phi) is 3.94. The molecule has 0 fully saturated rings. The minimum Gasteiger partial charge on any atom is -0.497 e. The van der Waals surface area contributed by atoms with Gasteiger partial charge in [0.2, 0.25) is 0 Å². The first-order valence-corrected chi connectivity index (χ1v) is 9.51. The van der Waals surface area contributed by atoms with E-state index in [4.69, 9.17) is 9.47 Å². The van der Waals surface area contributed by atoms with Crippen LogP contribution in [0.4, 0.5) is 0 Å². The van der Waals surface area contributed by atoms with Crippen LogP contribution in [-0.2, 0) is 19.4 Å². The molecule has 146 valence electrons. The highest BCUT2D eigenvalue weighted by Gasteiger charge is 2.28. The molecule has 0 bridgehead atoms. The molecule has 1 aromatic heterocycles. The molecule has 3 heterocycles. The van der Waals surface area contributed by atoms with Gasteiger partial charge in [0.15, 0.2) is 5.43 Å². The first-order valence-electron chi connectivity index (χ1n) is 9.51. The standard InChI is InChI=1S/C23H19NO5/c1-28-14-4-2-3-13(9-14)17-10-18-15(16-6-8-29-22(16)17)5-7-24-12-19(23(26)27)21(25)11-20(18)24/h2-4,9-12H,5-8H2,1H3,(H,26,27). The largest absolute Gasteiger partial charge is 0.497 e. The van der Waals surface area contributed by atoms with E-state index in [0.29, 0.717) is 13.2 Å². The molecule has 0 saturated heterocycles. The molecule has 0 atom stereocenters. The highest BCUT2D eigenvalue weighted by Crippen LogP contribution is 2.45. The topological polar surface area (TPSA) is 77.8 Å². The SMILES string of the molecule is COc1cccc(-c2cc3c(c4c2OCC4)CCn2cc(C(=O)O)c(=O)cc2-3)c1. The Morgan fingerprint density at radius 1 is 1.14 bits per heavy atom. The Bertz CT molecular complexity index is 1220. The smallest absolute Gasteiger partial charge is 0.341 e. The highest BCUT2D eigenvalue weighted by atomic mass is 16.5. The zero-order chi connectivity index (χ0) is 20.1. The van der Waals surface area contributed by atoms with Crippen LogP contribution in [0, 0.1) is 0 Å². The molecule has 0 amide bonds. The van der Waals surface area contributed by atoms with Crippen molar-refractivity contribution in [3.8, 4) is 33.9 Å². The van der Waals surface area contributed by atoms with E-state index >= 15 is 0 Å². The summed E-state index contributed by atoms with van der Waals surface area (Å²) in [5, 5.41) is 9.29. The number of nitrogens with zero attached hydrogens (tertiary/aromatic N) is 1. The van der Waals surface area contributed by atoms with Crippen molar-refractivity contribution in [2.45, 2.75) is 19.4 Å². The molecule has 5 rings (SSSR count). The summed E-state index contributed by atoms with van der Waals surface area (Å²) in [6, 6.07) is 11.3.